The van der Waals surface area contributed by atoms with Gasteiger partial charge in [0.05, 0.1) is 0 Å². The summed E-state index contributed by atoms with van der Waals surface area (Å²) in [5.41, 5.74) is 5.75. The Morgan fingerprint density at radius 1 is 1.11 bits per heavy atom. The first-order chi connectivity index (χ1) is 9.08. The first-order valence-electron chi connectivity index (χ1n) is 5.92. The molecule has 2 rings (SSSR count). The van der Waals surface area contributed by atoms with Crippen molar-refractivity contribution in [3.8, 4) is 0 Å². The summed E-state index contributed by atoms with van der Waals surface area (Å²) in [5.74, 6) is -0.458. The smallest absolute Gasteiger partial charge is 0.318 e. The van der Waals surface area contributed by atoms with E-state index < -0.39 is 18.0 Å². The number of anilines is 1. The summed E-state index contributed by atoms with van der Waals surface area (Å²) in [6.07, 6.45) is 0. The Kier molecular flexibility index (Phi) is 3.66. The second-order valence-electron chi connectivity index (χ2n) is 4.25. The minimum absolute atomic E-state index is 0.458. The van der Waals surface area contributed by atoms with E-state index in [2.05, 4.69) is 5.32 Å². The third-order valence-corrected chi connectivity index (χ3v) is 2.80. The molecule has 5 nitrogen and oxygen atoms in total. The van der Waals surface area contributed by atoms with Gasteiger partial charge in [-0.1, -0.05) is 36.4 Å². The Bertz CT molecular complexity index is 620. The number of carbonyl (C=O) groups is 2. The normalized spacial score (nSPS) is 11.8. The maximum atomic E-state index is 11.6. The fraction of sp³-hybridized carbons (Fsp3) is 0.143. The second-order valence-corrected chi connectivity index (χ2v) is 4.25. The van der Waals surface area contributed by atoms with Crippen LogP contribution in [-0.2, 0) is 4.79 Å². The van der Waals surface area contributed by atoms with Crippen molar-refractivity contribution < 1.29 is 9.59 Å². The van der Waals surface area contributed by atoms with Gasteiger partial charge in [0.15, 0.2) is 0 Å². The monoisotopic (exact) mass is 257 g/mol. The SMILES string of the molecule is CC(Nc1cccc2ccccc12)C(=O)NC(N)=O. The van der Waals surface area contributed by atoms with Gasteiger partial charge in [-0.25, -0.2) is 4.79 Å². The van der Waals surface area contributed by atoms with Crippen molar-refractivity contribution in [3.63, 3.8) is 0 Å². The molecule has 0 radical (unpaired) electrons. The third kappa shape index (κ3) is 3.01. The largest absolute Gasteiger partial charge is 0.373 e. The van der Waals surface area contributed by atoms with Gasteiger partial charge in [-0.15, -0.1) is 0 Å². The van der Waals surface area contributed by atoms with Crippen molar-refractivity contribution in [1.29, 1.82) is 0 Å². The lowest BCUT2D eigenvalue weighted by Crippen LogP contribution is -2.43. The van der Waals surface area contributed by atoms with Gasteiger partial charge in [0.2, 0.25) is 5.91 Å². The first kappa shape index (κ1) is 12.9. The highest BCUT2D eigenvalue weighted by Gasteiger charge is 2.14. The summed E-state index contributed by atoms with van der Waals surface area (Å²) in [6, 6.07) is 12.2. The zero-order chi connectivity index (χ0) is 13.8. The average Bonchev–Trinajstić information content (AvgIpc) is 2.38. The van der Waals surface area contributed by atoms with Gasteiger partial charge in [0.25, 0.3) is 0 Å². The minimum atomic E-state index is -0.850. The summed E-state index contributed by atoms with van der Waals surface area (Å²) in [7, 11) is 0. The Labute approximate surface area is 110 Å². The lowest BCUT2D eigenvalue weighted by atomic mass is 10.1. The average molecular weight is 257 g/mol. The molecule has 0 aliphatic rings. The number of primary amides is 1. The van der Waals surface area contributed by atoms with E-state index >= 15 is 0 Å². The Hall–Kier alpha value is -2.56. The quantitative estimate of drug-likeness (QED) is 0.784. The van der Waals surface area contributed by atoms with E-state index in [0.717, 1.165) is 16.5 Å². The predicted molar refractivity (Wildman–Crippen MR) is 74.8 cm³/mol. The highest BCUT2D eigenvalue weighted by molar-refractivity contribution is 5.99. The van der Waals surface area contributed by atoms with Crippen LogP contribution in [0.15, 0.2) is 42.5 Å². The molecule has 0 saturated carbocycles. The molecule has 3 amide bonds. The van der Waals surface area contributed by atoms with Crippen LogP contribution < -0.4 is 16.4 Å². The number of benzene rings is 2. The zero-order valence-electron chi connectivity index (χ0n) is 10.5. The van der Waals surface area contributed by atoms with Crippen molar-refractivity contribution in [2.75, 3.05) is 5.32 Å². The van der Waals surface area contributed by atoms with E-state index in [4.69, 9.17) is 5.73 Å². The summed E-state index contributed by atoms with van der Waals surface area (Å²) in [5, 5.41) is 7.21. The van der Waals surface area contributed by atoms with Gasteiger partial charge in [-0.3, -0.25) is 10.1 Å². The molecular weight excluding hydrogens is 242 g/mol. The predicted octanol–water partition coefficient (Wildman–Crippen LogP) is 1.84. The fourth-order valence-corrected chi connectivity index (χ4v) is 1.88. The lowest BCUT2D eigenvalue weighted by molar-refractivity contribution is -0.120. The van der Waals surface area contributed by atoms with Gasteiger partial charge in [0.1, 0.15) is 6.04 Å². The van der Waals surface area contributed by atoms with Crippen molar-refractivity contribution in [3.05, 3.63) is 42.5 Å². The Balaban J connectivity index is 2.21. The van der Waals surface area contributed by atoms with Crippen LogP contribution in [0.3, 0.4) is 0 Å². The van der Waals surface area contributed by atoms with Crippen LogP contribution in [0.5, 0.6) is 0 Å². The van der Waals surface area contributed by atoms with E-state index in [9.17, 15) is 9.59 Å². The van der Waals surface area contributed by atoms with Crippen LogP contribution in [0.1, 0.15) is 6.92 Å². The highest BCUT2D eigenvalue weighted by Crippen LogP contribution is 2.23. The molecule has 0 aromatic heterocycles. The highest BCUT2D eigenvalue weighted by atomic mass is 16.2. The first-order valence-corrected chi connectivity index (χ1v) is 5.92. The van der Waals surface area contributed by atoms with E-state index in [-0.39, 0.29) is 0 Å². The molecule has 0 aliphatic carbocycles. The van der Waals surface area contributed by atoms with E-state index in [1.807, 2.05) is 47.8 Å². The molecule has 98 valence electrons. The summed E-state index contributed by atoms with van der Waals surface area (Å²) < 4.78 is 0. The summed E-state index contributed by atoms with van der Waals surface area (Å²) in [4.78, 5) is 22.3. The van der Waals surface area contributed by atoms with Crippen molar-refractivity contribution in [1.82, 2.24) is 5.32 Å². The maximum absolute atomic E-state index is 11.6. The number of nitrogens with two attached hydrogens (primary N) is 1. The molecule has 0 aliphatic heterocycles. The molecule has 0 fully saturated rings. The molecule has 19 heavy (non-hydrogen) atoms. The van der Waals surface area contributed by atoms with E-state index in [1.165, 1.54) is 0 Å². The maximum Gasteiger partial charge on any atom is 0.318 e. The van der Waals surface area contributed by atoms with Gasteiger partial charge < -0.3 is 11.1 Å². The molecule has 2 aromatic carbocycles. The van der Waals surface area contributed by atoms with Gasteiger partial charge in [-0.2, -0.15) is 0 Å². The molecule has 2 aromatic rings. The summed E-state index contributed by atoms with van der Waals surface area (Å²) >= 11 is 0. The van der Waals surface area contributed by atoms with Crippen LogP contribution >= 0.6 is 0 Å². The lowest BCUT2D eigenvalue weighted by Gasteiger charge is -2.15. The number of hydrogen-bond acceptors (Lipinski definition) is 3. The van der Waals surface area contributed by atoms with E-state index in [1.54, 1.807) is 6.92 Å². The van der Waals surface area contributed by atoms with Gasteiger partial charge >= 0.3 is 6.03 Å². The standard InChI is InChI=1S/C14H15N3O2/c1-9(13(18)17-14(15)19)16-12-8-4-6-10-5-2-3-7-11(10)12/h2-9,16H,1H3,(H3,15,17,18,19). The topological polar surface area (TPSA) is 84.2 Å². The molecule has 5 heteroatoms. The van der Waals surface area contributed by atoms with Gasteiger partial charge in [0, 0.05) is 11.1 Å². The Morgan fingerprint density at radius 2 is 1.79 bits per heavy atom. The van der Waals surface area contributed by atoms with Crippen LogP contribution in [-0.4, -0.2) is 18.0 Å². The number of nitrogens with one attached hydrogen (secondary N) is 2. The second kappa shape index (κ2) is 5.39. The number of rotatable bonds is 3. The number of urea groups is 1. The number of amides is 3. The van der Waals surface area contributed by atoms with Crippen LogP contribution in [0.4, 0.5) is 10.5 Å². The molecule has 0 heterocycles. The number of fused-ring (bicyclic) bond motifs is 1. The Morgan fingerprint density at radius 3 is 2.53 bits per heavy atom. The molecule has 4 N–H and O–H groups in total. The fourth-order valence-electron chi connectivity index (χ4n) is 1.88. The molecule has 1 atom stereocenters. The molecule has 1 unspecified atom stereocenters. The van der Waals surface area contributed by atoms with Crippen molar-refractivity contribution >= 4 is 28.4 Å². The molecule has 0 bridgehead atoms. The number of hydrogen-bond donors (Lipinski definition) is 3. The van der Waals surface area contributed by atoms with Crippen LogP contribution in [0.2, 0.25) is 0 Å². The molecule has 0 spiro atoms. The van der Waals surface area contributed by atoms with Crippen LogP contribution in [0.25, 0.3) is 10.8 Å². The minimum Gasteiger partial charge on any atom is -0.373 e. The number of imide groups is 1. The number of carbonyl (C=O) groups excluding carboxylic acids is 2. The third-order valence-electron chi connectivity index (χ3n) is 2.80. The molecule has 0 saturated heterocycles. The summed E-state index contributed by atoms with van der Waals surface area (Å²) in [6.45, 7) is 1.67. The zero-order valence-corrected chi connectivity index (χ0v) is 10.5. The van der Waals surface area contributed by atoms with Crippen molar-refractivity contribution in [2.24, 2.45) is 5.73 Å². The molecular formula is C14H15N3O2. The van der Waals surface area contributed by atoms with Crippen molar-refractivity contribution in [2.45, 2.75) is 13.0 Å². The van der Waals surface area contributed by atoms with Crippen LogP contribution in [0, 0.1) is 0 Å². The van der Waals surface area contributed by atoms with Gasteiger partial charge in [-0.05, 0) is 18.4 Å². The van der Waals surface area contributed by atoms with E-state index in [0.29, 0.717) is 0 Å².